The molecule has 0 bridgehead atoms. The smallest absolute Gasteiger partial charge is 0.246 e. The Bertz CT molecular complexity index is 995. The topological polar surface area (TPSA) is 67.8 Å². The first-order valence-electron chi connectivity index (χ1n) is 13.4. The zero-order valence-electron chi connectivity index (χ0n) is 21.9. The molecule has 0 aliphatic carbocycles. The number of carbonyl (C=O) groups excluding carboxylic acids is 1. The van der Waals surface area contributed by atoms with E-state index in [9.17, 15) is 4.79 Å². The zero-order chi connectivity index (χ0) is 25.3. The lowest BCUT2D eigenvalue weighted by Crippen LogP contribution is -2.49. The number of carbonyl (C=O) groups is 1. The molecule has 1 aromatic heterocycles. The van der Waals surface area contributed by atoms with Crippen LogP contribution in [0.15, 0.2) is 49.2 Å². The molecule has 0 radical (unpaired) electrons. The van der Waals surface area contributed by atoms with Gasteiger partial charge in [0.05, 0.1) is 12.7 Å². The quantitative estimate of drug-likeness (QED) is 0.360. The minimum absolute atomic E-state index is 0.00521. The number of anilines is 2. The average molecular weight is 492 g/mol. The molecule has 1 atom stereocenters. The number of unbranched alkanes of at least 4 members (excludes halogenated alkanes) is 1. The molecule has 2 aliphatic heterocycles. The number of rotatable bonds is 12. The number of likely N-dealkylation sites (tertiary alicyclic amines) is 1. The van der Waals surface area contributed by atoms with E-state index in [1.54, 1.807) is 0 Å². The molecule has 0 spiro atoms. The number of benzene rings is 1. The number of fused-ring (bicyclic) bond motifs is 1. The summed E-state index contributed by atoms with van der Waals surface area (Å²) in [6.07, 6.45) is 6.57. The van der Waals surface area contributed by atoms with Crippen molar-refractivity contribution in [3.8, 4) is 0 Å². The van der Waals surface area contributed by atoms with Gasteiger partial charge in [-0.05, 0) is 50.5 Å². The normalized spacial score (nSPS) is 17.9. The first kappa shape index (κ1) is 26.1. The van der Waals surface area contributed by atoms with E-state index in [0.29, 0.717) is 12.5 Å². The maximum Gasteiger partial charge on any atom is 0.246 e. The molecular formula is C28H41N7O. The van der Waals surface area contributed by atoms with Gasteiger partial charge < -0.3 is 20.0 Å². The van der Waals surface area contributed by atoms with Gasteiger partial charge in [0.15, 0.2) is 0 Å². The highest BCUT2D eigenvalue weighted by atomic mass is 16.2. The third-order valence-corrected chi connectivity index (χ3v) is 7.28. The van der Waals surface area contributed by atoms with Crippen molar-refractivity contribution < 1.29 is 4.79 Å². The van der Waals surface area contributed by atoms with Crippen molar-refractivity contribution in [2.45, 2.75) is 52.2 Å². The highest BCUT2D eigenvalue weighted by molar-refractivity contribution is 5.87. The van der Waals surface area contributed by atoms with E-state index < -0.39 is 0 Å². The van der Waals surface area contributed by atoms with Gasteiger partial charge in [0, 0.05) is 44.5 Å². The van der Waals surface area contributed by atoms with Crippen LogP contribution in [0, 0.1) is 0 Å². The van der Waals surface area contributed by atoms with E-state index in [-0.39, 0.29) is 11.9 Å². The van der Waals surface area contributed by atoms with Gasteiger partial charge >= 0.3 is 0 Å². The molecule has 0 unspecified atom stereocenters. The van der Waals surface area contributed by atoms with Gasteiger partial charge in [-0.15, -0.1) is 0 Å². The average Bonchev–Trinajstić information content (AvgIpc) is 3.41. The fourth-order valence-corrected chi connectivity index (χ4v) is 5.18. The van der Waals surface area contributed by atoms with Crippen LogP contribution in [0.4, 0.5) is 11.8 Å². The summed E-state index contributed by atoms with van der Waals surface area (Å²) >= 11 is 0. The highest BCUT2D eigenvalue weighted by Crippen LogP contribution is 2.31. The first-order chi connectivity index (χ1) is 17.6. The van der Waals surface area contributed by atoms with Crippen molar-refractivity contribution in [3.63, 3.8) is 0 Å². The van der Waals surface area contributed by atoms with Gasteiger partial charge in [0.2, 0.25) is 11.9 Å². The molecule has 1 aromatic carbocycles. The molecule has 2 aromatic rings. The summed E-state index contributed by atoms with van der Waals surface area (Å²) in [4.78, 5) is 31.0. The lowest BCUT2D eigenvalue weighted by molar-refractivity contribution is -0.125. The second-order valence-electron chi connectivity index (χ2n) is 9.72. The minimum Gasteiger partial charge on any atom is -0.354 e. The third-order valence-electron chi connectivity index (χ3n) is 7.28. The van der Waals surface area contributed by atoms with E-state index in [1.165, 1.54) is 11.6 Å². The largest absolute Gasteiger partial charge is 0.354 e. The van der Waals surface area contributed by atoms with Gasteiger partial charge in [-0.1, -0.05) is 50.8 Å². The summed E-state index contributed by atoms with van der Waals surface area (Å²) in [7, 11) is 0. The Morgan fingerprint density at radius 2 is 2.03 bits per heavy atom. The molecule has 36 heavy (non-hydrogen) atoms. The Morgan fingerprint density at radius 1 is 1.22 bits per heavy atom. The predicted octanol–water partition coefficient (Wildman–Crippen LogP) is 3.58. The molecule has 1 saturated heterocycles. The molecule has 3 heterocycles. The van der Waals surface area contributed by atoms with Crippen LogP contribution in [0.25, 0.3) is 0 Å². The molecule has 8 heteroatoms. The second kappa shape index (κ2) is 12.8. The summed E-state index contributed by atoms with van der Waals surface area (Å²) in [6, 6.07) is 10.8. The Labute approximate surface area is 216 Å². The molecule has 8 nitrogen and oxygen atoms in total. The van der Waals surface area contributed by atoms with Crippen LogP contribution in [0.5, 0.6) is 0 Å². The standard InChI is InChI=1S/C28H41N7O/c1-4-26(36)34-17-14-25(21-34)35-22-33(19-23-12-8-7-9-13-23)20-24-18-30-28(31-27(24)35)29-15-10-11-16-32(5-2)6-3/h4,7-9,12-13,18,25H,1,5-6,10-11,14-17,19-22H2,2-3H3,(H,29,30,31)/t25-/m0/s1. The Balaban J connectivity index is 1.45. The lowest BCUT2D eigenvalue weighted by atomic mass is 10.1. The van der Waals surface area contributed by atoms with Crippen LogP contribution >= 0.6 is 0 Å². The van der Waals surface area contributed by atoms with Crippen molar-refractivity contribution in [3.05, 3.63) is 60.3 Å². The van der Waals surface area contributed by atoms with Gasteiger partial charge in [0.1, 0.15) is 5.82 Å². The first-order valence-corrected chi connectivity index (χ1v) is 13.4. The molecule has 2 aliphatic rings. The fourth-order valence-electron chi connectivity index (χ4n) is 5.18. The summed E-state index contributed by atoms with van der Waals surface area (Å²) in [5.41, 5.74) is 2.43. The van der Waals surface area contributed by atoms with Gasteiger partial charge in [-0.2, -0.15) is 4.98 Å². The van der Waals surface area contributed by atoms with Crippen molar-refractivity contribution in [1.82, 2.24) is 24.7 Å². The van der Waals surface area contributed by atoms with Crippen molar-refractivity contribution in [1.29, 1.82) is 0 Å². The van der Waals surface area contributed by atoms with Crippen LogP contribution < -0.4 is 10.2 Å². The zero-order valence-corrected chi connectivity index (χ0v) is 21.9. The highest BCUT2D eigenvalue weighted by Gasteiger charge is 2.35. The van der Waals surface area contributed by atoms with Crippen LogP contribution in [-0.4, -0.2) is 82.6 Å². The molecule has 1 fully saturated rings. The Hall–Kier alpha value is -2.97. The summed E-state index contributed by atoms with van der Waals surface area (Å²) < 4.78 is 0. The molecule has 4 rings (SSSR count). The van der Waals surface area contributed by atoms with E-state index in [2.05, 4.69) is 75.8 Å². The van der Waals surface area contributed by atoms with Gasteiger partial charge in [0.25, 0.3) is 0 Å². The minimum atomic E-state index is 0.00521. The van der Waals surface area contributed by atoms with Crippen molar-refractivity contribution >= 4 is 17.7 Å². The van der Waals surface area contributed by atoms with Gasteiger partial charge in [-0.3, -0.25) is 9.69 Å². The molecule has 1 N–H and O–H groups in total. The van der Waals surface area contributed by atoms with Crippen LogP contribution in [0.1, 0.15) is 44.2 Å². The van der Waals surface area contributed by atoms with Crippen LogP contribution in [-0.2, 0) is 17.9 Å². The van der Waals surface area contributed by atoms with Crippen molar-refractivity contribution in [2.24, 2.45) is 0 Å². The lowest BCUT2D eigenvalue weighted by Gasteiger charge is -2.40. The molecular weight excluding hydrogens is 450 g/mol. The molecule has 1 amide bonds. The number of amides is 1. The number of hydrogen-bond donors (Lipinski definition) is 1. The summed E-state index contributed by atoms with van der Waals surface area (Å²) in [5, 5.41) is 3.44. The fraction of sp³-hybridized carbons (Fsp3) is 0.536. The number of hydrogen-bond acceptors (Lipinski definition) is 7. The van der Waals surface area contributed by atoms with Crippen LogP contribution in [0.3, 0.4) is 0 Å². The van der Waals surface area contributed by atoms with Crippen molar-refractivity contribution in [2.75, 3.05) is 56.2 Å². The number of nitrogens with one attached hydrogen (secondary N) is 1. The number of nitrogens with zero attached hydrogens (tertiary/aromatic N) is 6. The molecule has 0 saturated carbocycles. The SMILES string of the molecule is C=CC(=O)N1CC[C@H](N2CN(Cc3ccccc3)Cc3cnc(NCCCCN(CC)CC)nc32)C1. The summed E-state index contributed by atoms with van der Waals surface area (Å²) in [5.74, 6) is 1.69. The Morgan fingerprint density at radius 3 is 2.78 bits per heavy atom. The summed E-state index contributed by atoms with van der Waals surface area (Å²) in [6.45, 7) is 16.2. The van der Waals surface area contributed by atoms with Crippen LogP contribution in [0.2, 0.25) is 0 Å². The monoisotopic (exact) mass is 491 g/mol. The maximum absolute atomic E-state index is 12.2. The predicted molar refractivity (Wildman–Crippen MR) is 146 cm³/mol. The van der Waals surface area contributed by atoms with E-state index in [4.69, 9.17) is 4.98 Å². The van der Waals surface area contributed by atoms with Gasteiger partial charge in [-0.25, -0.2) is 4.98 Å². The number of aromatic nitrogens is 2. The Kier molecular flexibility index (Phi) is 9.30. The van der Waals surface area contributed by atoms with E-state index in [0.717, 1.165) is 83.1 Å². The maximum atomic E-state index is 12.2. The third kappa shape index (κ3) is 6.62. The van der Waals surface area contributed by atoms with E-state index >= 15 is 0 Å². The molecule has 194 valence electrons. The van der Waals surface area contributed by atoms with E-state index in [1.807, 2.05) is 11.1 Å². The second-order valence-corrected chi connectivity index (χ2v) is 9.72.